The lowest BCUT2D eigenvalue weighted by atomic mass is 10.0. The van der Waals surface area contributed by atoms with Crippen LogP contribution in [0.4, 0.5) is 4.79 Å². The maximum Gasteiger partial charge on any atom is 0.326 e. The van der Waals surface area contributed by atoms with Crippen LogP contribution in [0, 0.1) is 0 Å². The van der Waals surface area contributed by atoms with Gasteiger partial charge in [0.25, 0.3) is 0 Å². The highest BCUT2D eigenvalue weighted by molar-refractivity contribution is 5.83. The minimum Gasteiger partial charge on any atom is -0.480 e. The molecule has 0 radical (unpaired) electrons. The first-order chi connectivity index (χ1) is 9.63. The van der Waals surface area contributed by atoms with E-state index in [9.17, 15) is 14.7 Å². The van der Waals surface area contributed by atoms with Crippen molar-refractivity contribution in [3.63, 3.8) is 0 Å². The van der Waals surface area contributed by atoms with Crippen LogP contribution in [-0.4, -0.2) is 65.3 Å². The summed E-state index contributed by atoms with van der Waals surface area (Å²) in [6.45, 7) is 4.42. The molecule has 2 amide bonds. The highest BCUT2D eigenvalue weighted by Gasteiger charge is 2.35. The van der Waals surface area contributed by atoms with Crippen molar-refractivity contribution in [1.82, 2.24) is 9.80 Å². The Labute approximate surface area is 119 Å². The van der Waals surface area contributed by atoms with Crippen LogP contribution in [0.5, 0.6) is 0 Å². The van der Waals surface area contributed by atoms with Crippen molar-refractivity contribution in [2.75, 3.05) is 26.2 Å². The molecule has 2 saturated heterocycles. The van der Waals surface area contributed by atoms with Crippen molar-refractivity contribution in [1.29, 1.82) is 0 Å². The molecule has 0 aromatic carbocycles. The molecule has 2 fully saturated rings. The van der Waals surface area contributed by atoms with E-state index >= 15 is 0 Å². The van der Waals surface area contributed by atoms with Gasteiger partial charge in [-0.2, -0.15) is 0 Å². The largest absolute Gasteiger partial charge is 0.480 e. The Kier molecular flexibility index (Phi) is 5.23. The number of likely N-dealkylation sites (tertiary alicyclic amines) is 2. The summed E-state index contributed by atoms with van der Waals surface area (Å²) < 4.78 is 5.60. The molecule has 114 valence electrons. The normalized spacial score (nSPS) is 27.4. The summed E-state index contributed by atoms with van der Waals surface area (Å²) >= 11 is 0. The molecule has 20 heavy (non-hydrogen) atoms. The Morgan fingerprint density at radius 2 is 2.00 bits per heavy atom. The second-order valence-corrected chi connectivity index (χ2v) is 5.49. The Balaban J connectivity index is 1.99. The van der Waals surface area contributed by atoms with E-state index in [4.69, 9.17) is 4.74 Å². The van der Waals surface area contributed by atoms with Crippen LogP contribution in [0.15, 0.2) is 0 Å². The number of urea groups is 1. The predicted octanol–water partition coefficient (Wildman–Crippen LogP) is 1.55. The van der Waals surface area contributed by atoms with Crippen molar-refractivity contribution in [2.24, 2.45) is 0 Å². The molecule has 0 spiro atoms. The van der Waals surface area contributed by atoms with Gasteiger partial charge in [0.2, 0.25) is 0 Å². The van der Waals surface area contributed by atoms with Gasteiger partial charge >= 0.3 is 12.0 Å². The van der Waals surface area contributed by atoms with Crippen LogP contribution in [0.2, 0.25) is 0 Å². The zero-order chi connectivity index (χ0) is 14.5. The lowest BCUT2D eigenvalue weighted by Gasteiger charge is -2.40. The van der Waals surface area contributed by atoms with Gasteiger partial charge in [0.05, 0.1) is 6.10 Å². The maximum absolute atomic E-state index is 12.6. The third kappa shape index (κ3) is 3.42. The summed E-state index contributed by atoms with van der Waals surface area (Å²) in [5, 5.41) is 9.26. The maximum atomic E-state index is 12.6. The summed E-state index contributed by atoms with van der Waals surface area (Å²) in [6, 6.07) is -0.801. The number of aliphatic carboxylic acids is 1. The minimum absolute atomic E-state index is 0.0887. The summed E-state index contributed by atoms with van der Waals surface area (Å²) in [5.41, 5.74) is 0. The SMILES string of the molecule is CCOC1CCCN(C(=O)N2CCCCC2C(=O)O)C1. The van der Waals surface area contributed by atoms with Crippen molar-refractivity contribution in [3.8, 4) is 0 Å². The van der Waals surface area contributed by atoms with Crippen LogP contribution in [-0.2, 0) is 9.53 Å². The second-order valence-electron chi connectivity index (χ2n) is 5.49. The summed E-state index contributed by atoms with van der Waals surface area (Å²) in [4.78, 5) is 27.1. The Hall–Kier alpha value is -1.30. The third-order valence-electron chi connectivity index (χ3n) is 4.08. The summed E-state index contributed by atoms with van der Waals surface area (Å²) in [7, 11) is 0. The number of carboxylic acid groups (broad SMARTS) is 1. The van der Waals surface area contributed by atoms with Gasteiger partial charge in [-0.15, -0.1) is 0 Å². The zero-order valence-electron chi connectivity index (χ0n) is 12.1. The highest BCUT2D eigenvalue weighted by Crippen LogP contribution is 2.21. The molecular formula is C14H24N2O4. The Morgan fingerprint density at radius 3 is 2.70 bits per heavy atom. The van der Waals surface area contributed by atoms with E-state index in [1.54, 1.807) is 4.90 Å². The fraction of sp³-hybridized carbons (Fsp3) is 0.857. The van der Waals surface area contributed by atoms with E-state index in [-0.39, 0.29) is 12.1 Å². The first-order valence-electron chi connectivity index (χ1n) is 7.53. The Morgan fingerprint density at radius 1 is 1.20 bits per heavy atom. The topological polar surface area (TPSA) is 70.1 Å². The van der Waals surface area contributed by atoms with Crippen molar-refractivity contribution < 1.29 is 19.4 Å². The molecular weight excluding hydrogens is 260 g/mol. The fourth-order valence-corrected chi connectivity index (χ4v) is 3.08. The van der Waals surface area contributed by atoms with Gasteiger partial charge in [0.1, 0.15) is 6.04 Å². The van der Waals surface area contributed by atoms with Gasteiger partial charge in [-0.05, 0) is 39.0 Å². The van der Waals surface area contributed by atoms with Gasteiger partial charge in [-0.1, -0.05) is 0 Å². The molecule has 2 aliphatic rings. The molecule has 0 saturated carbocycles. The summed E-state index contributed by atoms with van der Waals surface area (Å²) in [5.74, 6) is -0.892. The van der Waals surface area contributed by atoms with Gasteiger partial charge in [-0.25, -0.2) is 9.59 Å². The summed E-state index contributed by atoms with van der Waals surface area (Å²) in [6.07, 6.45) is 4.30. The molecule has 2 unspecified atom stereocenters. The quantitative estimate of drug-likeness (QED) is 0.853. The molecule has 2 aliphatic heterocycles. The Bertz CT molecular complexity index is 359. The van der Waals surface area contributed by atoms with Crippen molar-refractivity contribution in [2.45, 2.75) is 51.2 Å². The number of carbonyl (C=O) groups is 2. The van der Waals surface area contributed by atoms with Gasteiger partial charge in [0.15, 0.2) is 0 Å². The van der Waals surface area contributed by atoms with Crippen LogP contribution in [0.1, 0.15) is 39.0 Å². The average Bonchev–Trinajstić information content (AvgIpc) is 2.47. The molecule has 6 heteroatoms. The number of hydrogen-bond acceptors (Lipinski definition) is 3. The van der Waals surface area contributed by atoms with Gasteiger partial charge < -0.3 is 19.6 Å². The van der Waals surface area contributed by atoms with E-state index in [1.165, 1.54) is 4.90 Å². The van der Waals surface area contributed by atoms with E-state index in [2.05, 4.69) is 0 Å². The standard InChI is InChI=1S/C14H24N2O4/c1-2-20-11-6-5-8-15(10-11)14(19)16-9-4-3-7-12(16)13(17)18/h11-12H,2-10H2,1H3,(H,17,18). The van der Waals surface area contributed by atoms with Crippen LogP contribution >= 0.6 is 0 Å². The number of hydrogen-bond donors (Lipinski definition) is 1. The lowest BCUT2D eigenvalue weighted by Crippen LogP contribution is -2.55. The van der Waals surface area contributed by atoms with E-state index in [0.29, 0.717) is 32.7 Å². The molecule has 0 aliphatic carbocycles. The second kappa shape index (κ2) is 6.92. The van der Waals surface area contributed by atoms with Gasteiger partial charge in [0, 0.05) is 26.2 Å². The smallest absolute Gasteiger partial charge is 0.326 e. The molecule has 1 N–H and O–H groups in total. The molecule has 2 heterocycles. The van der Waals surface area contributed by atoms with Gasteiger partial charge in [-0.3, -0.25) is 0 Å². The van der Waals surface area contributed by atoms with E-state index < -0.39 is 12.0 Å². The monoisotopic (exact) mass is 284 g/mol. The molecule has 2 rings (SSSR count). The fourth-order valence-electron chi connectivity index (χ4n) is 3.08. The predicted molar refractivity (Wildman–Crippen MR) is 73.6 cm³/mol. The first-order valence-corrected chi connectivity index (χ1v) is 7.53. The number of carboxylic acids is 1. The molecule has 2 atom stereocenters. The first kappa shape index (κ1) is 15.1. The average molecular weight is 284 g/mol. The number of ether oxygens (including phenoxy) is 1. The van der Waals surface area contributed by atoms with Crippen LogP contribution < -0.4 is 0 Å². The highest BCUT2D eigenvalue weighted by atomic mass is 16.5. The number of amides is 2. The number of nitrogens with zero attached hydrogens (tertiary/aromatic N) is 2. The zero-order valence-corrected chi connectivity index (χ0v) is 12.1. The molecule has 6 nitrogen and oxygen atoms in total. The number of carbonyl (C=O) groups excluding carboxylic acids is 1. The van der Waals surface area contributed by atoms with E-state index in [1.807, 2.05) is 6.92 Å². The van der Waals surface area contributed by atoms with Crippen molar-refractivity contribution >= 4 is 12.0 Å². The molecule has 0 aromatic rings. The molecule has 0 aromatic heterocycles. The number of piperidine rings is 2. The third-order valence-corrected chi connectivity index (χ3v) is 4.08. The number of rotatable bonds is 3. The lowest BCUT2D eigenvalue weighted by molar-refractivity contribution is -0.143. The van der Waals surface area contributed by atoms with E-state index in [0.717, 1.165) is 25.7 Å². The minimum atomic E-state index is -0.892. The van der Waals surface area contributed by atoms with Crippen LogP contribution in [0.25, 0.3) is 0 Å². The van der Waals surface area contributed by atoms with Crippen LogP contribution in [0.3, 0.4) is 0 Å². The van der Waals surface area contributed by atoms with Crippen molar-refractivity contribution in [3.05, 3.63) is 0 Å². The molecule has 0 bridgehead atoms.